The predicted molar refractivity (Wildman–Crippen MR) is 92.9 cm³/mol. The van der Waals surface area contributed by atoms with Crippen molar-refractivity contribution in [2.75, 3.05) is 0 Å². The van der Waals surface area contributed by atoms with Crippen molar-refractivity contribution >= 4 is 21.5 Å². The summed E-state index contributed by atoms with van der Waals surface area (Å²) in [5.74, 6) is -15.1. The number of nitrogens with zero attached hydrogens (tertiary/aromatic N) is 2. The van der Waals surface area contributed by atoms with Gasteiger partial charge in [-0.1, -0.05) is 12.1 Å². The molecule has 0 unspecified atom stereocenters. The van der Waals surface area contributed by atoms with E-state index in [1.807, 2.05) is 0 Å². The maximum absolute atomic E-state index is 14.2. The molecule has 1 radical (unpaired) electrons. The first-order chi connectivity index (χ1) is 16.2. The Balaban J connectivity index is 2.71. The second-order valence-electron chi connectivity index (χ2n) is 6.42. The molecular weight excluding hydrogens is 662 g/mol. The summed E-state index contributed by atoms with van der Waals surface area (Å²) in [6.07, 6.45) is -7.30. The number of alkyl halides is 9. The molecule has 20 heteroatoms. The van der Waals surface area contributed by atoms with Crippen LogP contribution in [0.2, 0.25) is 0 Å². The first kappa shape index (κ1) is 29.5. The Labute approximate surface area is 201 Å². The van der Waals surface area contributed by atoms with Crippen LogP contribution in [-0.4, -0.2) is 46.7 Å². The van der Waals surface area contributed by atoms with Gasteiger partial charge in [0.15, 0.2) is 7.14 Å². The molecule has 0 saturated carbocycles. The van der Waals surface area contributed by atoms with E-state index in [2.05, 4.69) is 2.51 Å². The van der Waals surface area contributed by atoms with Crippen molar-refractivity contribution in [1.82, 2.24) is 0 Å². The van der Waals surface area contributed by atoms with Gasteiger partial charge in [-0.25, -0.2) is 5.21 Å². The highest BCUT2D eigenvalue weighted by atomic mass is 127. The lowest BCUT2D eigenvalue weighted by Crippen LogP contribution is -3.85. The number of nitro groups is 1. The summed E-state index contributed by atoms with van der Waals surface area (Å²) in [7, 11) is -7.34. The summed E-state index contributed by atoms with van der Waals surface area (Å²) in [4.78, 5) is 20.3. The van der Waals surface area contributed by atoms with Crippen molar-refractivity contribution in [3.8, 4) is 0 Å². The van der Waals surface area contributed by atoms with Crippen molar-refractivity contribution in [3.05, 3.63) is 70.7 Å². The van der Waals surface area contributed by atoms with Gasteiger partial charge < -0.3 is 0 Å². The molecule has 2 rings (SSSR count). The topological polar surface area (TPSA) is 127 Å². The number of hydrogen-bond donors (Lipinski definition) is 1. The fourth-order valence-corrected chi connectivity index (χ4v) is 9.40. The molecule has 0 bridgehead atoms. The zero-order chi connectivity index (χ0) is 27.9. The molecule has 0 atom stereocenters. The van der Waals surface area contributed by atoms with E-state index in [9.17, 15) is 63.0 Å². The fourth-order valence-electron chi connectivity index (χ4n) is 2.24. The molecule has 199 valence electrons. The van der Waals surface area contributed by atoms with Gasteiger partial charge in [-0.3, -0.25) is 10.1 Å². The molecule has 0 saturated heterocycles. The van der Waals surface area contributed by atoms with Gasteiger partial charge in [0, 0.05) is 12.1 Å². The molecule has 0 aliphatic heterocycles. The maximum atomic E-state index is 14.2. The number of hydrogen-bond acceptors (Lipinski definition) is 6. The SMILES string of the molecule is O=[N+]([O-])c1cccc([I+](OS(=O)(=O)C(F)(F)C(F)(F)C(F)(F)C(F)(F)F)c2cccc([N+](=O)O)c2)c1. The zero-order valence-electron chi connectivity index (χ0n) is 16.6. The van der Waals surface area contributed by atoms with Crippen LogP contribution in [0, 0.1) is 22.2 Å². The van der Waals surface area contributed by atoms with E-state index in [0.717, 1.165) is 36.4 Å². The highest BCUT2D eigenvalue weighted by Crippen LogP contribution is 2.54. The number of nitro benzene ring substituents is 1. The minimum Gasteiger partial charge on any atom is -0.258 e. The summed E-state index contributed by atoms with van der Waals surface area (Å²) in [6, 6.07) is 6.26. The highest BCUT2D eigenvalue weighted by Gasteiger charge is 2.86. The van der Waals surface area contributed by atoms with Gasteiger partial charge >= 0.3 is 59.3 Å². The van der Waals surface area contributed by atoms with Gasteiger partial charge in [0.1, 0.15) is 0 Å². The van der Waals surface area contributed by atoms with Crippen LogP contribution in [0.25, 0.3) is 0 Å². The van der Waals surface area contributed by atoms with Crippen LogP contribution in [0.1, 0.15) is 0 Å². The first-order valence-corrected chi connectivity index (χ1v) is 13.0. The predicted octanol–water partition coefficient (Wildman–Crippen LogP) is 1.75. The molecule has 36 heavy (non-hydrogen) atoms. The summed E-state index contributed by atoms with van der Waals surface area (Å²) < 4.78 is 146. The van der Waals surface area contributed by atoms with Crippen molar-refractivity contribution in [1.29, 1.82) is 0 Å². The molecule has 0 aromatic heterocycles. The quantitative estimate of drug-likeness (QED) is 0.186. The maximum Gasteiger partial charge on any atom is 0.460 e. The van der Waals surface area contributed by atoms with Gasteiger partial charge in [-0.05, 0) is 14.6 Å². The Hall–Kier alpha value is -2.75. The highest BCUT2D eigenvalue weighted by molar-refractivity contribution is 7.87. The lowest BCUT2D eigenvalue weighted by molar-refractivity contribution is -1.03. The minimum absolute atomic E-state index is 0.543. The summed E-state index contributed by atoms with van der Waals surface area (Å²) in [6.45, 7) is 0. The third-order valence-corrected chi connectivity index (χ3v) is 11.3. The van der Waals surface area contributed by atoms with Gasteiger partial charge in [-0.15, -0.1) is 0 Å². The molecule has 9 nitrogen and oxygen atoms in total. The lowest BCUT2D eigenvalue weighted by atomic mass is 10.1. The average Bonchev–Trinajstić information content (AvgIpc) is 2.76. The van der Waals surface area contributed by atoms with Crippen molar-refractivity contribution in [2.45, 2.75) is 23.3 Å². The van der Waals surface area contributed by atoms with Crippen LogP contribution in [0.15, 0.2) is 48.5 Å². The average molecular weight is 671 g/mol. The van der Waals surface area contributed by atoms with Crippen LogP contribution >= 0.6 is 0 Å². The Morgan fingerprint density at radius 3 is 1.67 bits per heavy atom. The Morgan fingerprint density at radius 2 is 1.25 bits per heavy atom. The van der Waals surface area contributed by atoms with E-state index in [0.29, 0.717) is 12.1 Å². The number of rotatable bonds is 9. The Morgan fingerprint density at radius 1 is 0.806 bits per heavy atom. The molecule has 0 aliphatic rings. The fraction of sp³-hybridized carbons (Fsp3) is 0.250. The second kappa shape index (κ2) is 9.61. The minimum atomic E-state index is -7.57. The van der Waals surface area contributed by atoms with Crippen molar-refractivity contribution in [3.63, 3.8) is 0 Å². The smallest absolute Gasteiger partial charge is 0.258 e. The first-order valence-electron chi connectivity index (χ1n) is 8.52. The molecule has 1 N–H and O–H groups in total. The van der Waals surface area contributed by atoms with Gasteiger partial charge in [-0.2, -0.15) is 47.9 Å². The molecule has 0 heterocycles. The second-order valence-corrected chi connectivity index (χ2v) is 13.0. The number of benzene rings is 2. The van der Waals surface area contributed by atoms with E-state index in [-0.39, 0.29) is 0 Å². The van der Waals surface area contributed by atoms with E-state index in [1.54, 1.807) is 0 Å². The van der Waals surface area contributed by atoms with Gasteiger partial charge in [0.2, 0.25) is 0 Å². The van der Waals surface area contributed by atoms with Crippen LogP contribution in [0.3, 0.4) is 0 Å². The van der Waals surface area contributed by atoms with Gasteiger partial charge in [0.05, 0.1) is 22.0 Å². The van der Waals surface area contributed by atoms with Crippen molar-refractivity contribution in [2.24, 2.45) is 0 Å². The number of halogens is 10. The van der Waals surface area contributed by atoms with Crippen LogP contribution in [-0.2, 0) is 12.6 Å². The molecule has 0 spiro atoms. The summed E-state index contributed by atoms with van der Waals surface area (Å²) in [5.41, 5.74) is -1.51. The number of non-ortho nitro benzene ring substituents is 1. The largest absolute Gasteiger partial charge is 0.460 e. The Bertz CT molecular complexity index is 1230. The molecule has 2 aromatic carbocycles. The van der Waals surface area contributed by atoms with E-state index in [1.165, 1.54) is 0 Å². The third-order valence-electron chi connectivity index (χ3n) is 4.02. The van der Waals surface area contributed by atoms with E-state index >= 15 is 0 Å². The molecular formula is C16H9F9IN2O7S+2. The monoisotopic (exact) mass is 671 g/mol. The molecule has 2 aromatic rings. The van der Waals surface area contributed by atoms with Crippen LogP contribution < -0.4 is 20.2 Å². The molecule has 0 amide bonds. The molecule has 0 fully saturated rings. The lowest BCUT2D eigenvalue weighted by Gasteiger charge is -2.31. The van der Waals surface area contributed by atoms with E-state index in [4.69, 9.17) is 5.21 Å². The zero-order valence-corrected chi connectivity index (χ0v) is 19.6. The summed E-state index contributed by atoms with van der Waals surface area (Å²) >= 11 is -4.73. The van der Waals surface area contributed by atoms with Crippen molar-refractivity contribution < 1.29 is 85.7 Å². The molecule has 0 aliphatic carbocycles. The Kier molecular flexibility index (Phi) is 7.87. The standard InChI is InChI=1S/C16H9F9IN2O7S/c17-13(18,15(21,22)23)14(19,20)16(24,25)36(33,34)35-26(9-3-1-5-11(7-9)27(29)30)10-4-2-6-12(8-10)28(31)32/h1-8H,(H,29,30)/q+2. The van der Waals surface area contributed by atoms with Crippen LogP contribution in [0.4, 0.5) is 50.9 Å². The van der Waals surface area contributed by atoms with Gasteiger partial charge in [0.25, 0.3) is 10.6 Å². The normalized spacial score (nSPS) is 13.6. The van der Waals surface area contributed by atoms with E-state index < -0.39 is 82.0 Å². The third kappa shape index (κ3) is 5.19. The van der Waals surface area contributed by atoms with Crippen LogP contribution in [0.5, 0.6) is 0 Å². The summed E-state index contributed by atoms with van der Waals surface area (Å²) in [5, 5.41) is 12.8.